The van der Waals surface area contributed by atoms with Crippen LogP contribution in [0.25, 0.3) is 45.0 Å². The van der Waals surface area contributed by atoms with Crippen molar-refractivity contribution in [2.24, 2.45) is 7.05 Å². The van der Waals surface area contributed by atoms with Crippen LogP contribution < -0.4 is 4.74 Å². The summed E-state index contributed by atoms with van der Waals surface area (Å²) in [5.41, 5.74) is 4.35. The third-order valence-electron chi connectivity index (χ3n) is 9.19. The normalized spacial score (nSPS) is 14.1. The highest BCUT2D eigenvalue weighted by Crippen LogP contribution is 2.51. The maximum absolute atomic E-state index is 15.3. The second kappa shape index (κ2) is 12.5. The number of hydrogen-bond acceptors (Lipinski definition) is 8. The lowest BCUT2D eigenvalue weighted by Gasteiger charge is -2.16. The molecular weight excluding hydrogens is 671 g/mol. The number of alkyl halides is 2. The highest BCUT2D eigenvalue weighted by molar-refractivity contribution is 7.90. The number of aliphatic hydroxyl groups excluding tert-OH is 1. The fourth-order valence-corrected chi connectivity index (χ4v) is 7.45. The van der Waals surface area contributed by atoms with E-state index in [4.69, 9.17) is 9.52 Å². The largest absolute Gasteiger partial charge is 0.532 e. The number of halogens is 3. The molecule has 0 spiro atoms. The molecule has 0 atom stereocenters. The van der Waals surface area contributed by atoms with Crippen LogP contribution in [0, 0.1) is 31.0 Å². The average Bonchev–Trinajstić information content (AvgIpc) is 3.64. The Balaban J connectivity index is 1.63. The lowest BCUT2D eigenvalue weighted by Crippen LogP contribution is -2.23. The minimum absolute atomic E-state index is 0.213. The number of aryl methyl sites for hydroxylation is 2. The van der Waals surface area contributed by atoms with Crippen LogP contribution in [0.15, 0.2) is 63.9 Å². The van der Waals surface area contributed by atoms with E-state index in [1.54, 1.807) is 38.1 Å². The van der Waals surface area contributed by atoms with E-state index < -0.39 is 34.0 Å². The summed E-state index contributed by atoms with van der Waals surface area (Å²) in [6.07, 6.45) is -1.37. The zero-order valence-corrected chi connectivity index (χ0v) is 28.8. The number of benzene rings is 3. The molecule has 50 heavy (non-hydrogen) atoms. The molecule has 1 fully saturated rings. The lowest BCUT2D eigenvalue weighted by molar-refractivity contribution is -0.327. The van der Waals surface area contributed by atoms with Gasteiger partial charge in [0.25, 0.3) is 0 Å². The van der Waals surface area contributed by atoms with Gasteiger partial charge in [-0.3, -0.25) is 0 Å². The van der Waals surface area contributed by atoms with E-state index in [0.717, 1.165) is 42.1 Å². The number of oxazole rings is 1. The van der Waals surface area contributed by atoms with Crippen LogP contribution in [0.5, 0.6) is 5.75 Å². The number of nitrogens with zero attached hydrogens (tertiary/aromatic N) is 3. The van der Waals surface area contributed by atoms with Crippen molar-refractivity contribution in [3.63, 3.8) is 0 Å². The lowest BCUT2D eigenvalue weighted by atomic mass is 9.92. The van der Waals surface area contributed by atoms with Gasteiger partial charge in [-0.1, -0.05) is 31.2 Å². The molecule has 260 valence electrons. The number of sulfone groups is 1. The van der Waals surface area contributed by atoms with Crippen LogP contribution in [0.4, 0.5) is 13.2 Å². The first-order valence-electron chi connectivity index (χ1n) is 15.8. The number of hydrogen-bond donors (Lipinski definition) is 2. The molecule has 2 aromatic heterocycles. The second-order valence-corrected chi connectivity index (χ2v) is 14.6. The molecule has 0 radical (unpaired) electrons. The van der Waals surface area contributed by atoms with Gasteiger partial charge in [0, 0.05) is 53.9 Å². The highest BCUT2D eigenvalue weighted by atomic mass is 32.2. The van der Waals surface area contributed by atoms with Crippen LogP contribution in [0.1, 0.15) is 48.0 Å². The molecule has 0 bridgehead atoms. The van der Waals surface area contributed by atoms with Gasteiger partial charge in [-0.2, -0.15) is 5.26 Å². The predicted molar refractivity (Wildman–Crippen MR) is 179 cm³/mol. The van der Waals surface area contributed by atoms with Gasteiger partial charge in [0.2, 0.25) is 0 Å². The third-order valence-corrected chi connectivity index (χ3v) is 10.3. The van der Waals surface area contributed by atoms with Crippen LogP contribution >= 0.6 is 0 Å². The first-order valence-corrected chi connectivity index (χ1v) is 17.7. The van der Waals surface area contributed by atoms with E-state index in [9.17, 15) is 27.6 Å². The van der Waals surface area contributed by atoms with Crippen molar-refractivity contribution < 1.29 is 41.0 Å². The Hall–Kier alpha value is -4.90. The molecule has 1 aliphatic rings. The van der Waals surface area contributed by atoms with Crippen LogP contribution in [0.3, 0.4) is 0 Å². The fraction of sp³-hybridized carbons (Fsp3) is 0.297. The van der Waals surface area contributed by atoms with Crippen molar-refractivity contribution in [1.82, 2.24) is 9.55 Å². The van der Waals surface area contributed by atoms with Crippen molar-refractivity contribution in [3.8, 4) is 56.8 Å². The van der Waals surface area contributed by atoms with Gasteiger partial charge in [0.1, 0.15) is 17.3 Å². The molecule has 3 aromatic carbocycles. The third kappa shape index (κ3) is 6.30. The molecule has 2 heterocycles. The van der Waals surface area contributed by atoms with Crippen LogP contribution in [-0.4, -0.2) is 40.7 Å². The molecule has 0 saturated heterocycles. The van der Waals surface area contributed by atoms with Crippen LogP contribution in [-0.2, 0) is 35.3 Å². The van der Waals surface area contributed by atoms with E-state index in [-0.39, 0.29) is 39.1 Å². The van der Waals surface area contributed by atoms with E-state index in [1.165, 1.54) is 18.2 Å². The van der Waals surface area contributed by atoms with Gasteiger partial charge in [-0.15, -0.1) is 8.78 Å². The van der Waals surface area contributed by atoms with E-state index >= 15 is 4.39 Å². The van der Waals surface area contributed by atoms with Crippen molar-refractivity contribution in [2.45, 2.75) is 63.2 Å². The molecule has 5 aromatic rings. The molecule has 1 saturated carbocycles. The summed E-state index contributed by atoms with van der Waals surface area (Å²) in [6, 6.07) is 16.6. The molecule has 13 heteroatoms. The number of aliphatic hydroxyl groups is 2. The number of ether oxygens (including phenoxy) is 1. The molecule has 0 aliphatic heterocycles. The Morgan fingerprint density at radius 3 is 2.36 bits per heavy atom. The molecule has 1 aliphatic carbocycles. The Bertz CT molecular complexity index is 2310. The zero-order chi connectivity index (χ0) is 36.3. The molecule has 6 rings (SSSR count). The predicted octanol–water partition coefficient (Wildman–Crippen LogP) is 7.37. The summed E-state index contributed by atoms with van der Waals surface area (Å²) in [7, 11) is -2.04. The van der Waals surface area contributed by atoms with Gasteiger partial charge >= 0.3 is 6.29 Å². The Kier molecular flexibility index (Phi) is 8.70. The number of nitriles is 1. The van der Waals surface area contributed by atoms with Gasteiger partial charge in [0.15, 0.2) is 21.5 Å². The monoisotopic (exact) mass is 705 g/mol. The SMILES string of the molecule is CCc1c(C2(C#N)CC2)cc(-c2ccc(-c3cc(F)c(CO)c(S(C)(=O)=O)c3)cc2-c2oc(C)nc2-c2ccc(C)c(OC(O)(F)F)c2)n1C. The van der Waals surface area contributed by atoms with Crippen molar-refractivity contribution in [3.05, 3.63) is 88.7 Å². The summed E-state index contributed by atoms with van der Waals surface area (Å²) in [4.78, 5) is 4.23. The first kappa shape index (κ1) is 34.9. The minimum atomic E-state index is -4.43. The quantitative estimate of drug-likeness (QED) is 0.144. The molecule has 2 N–H and O–H groups in total. The maximum atomic E-state index is 15.3. The summed E-state index contributed by atoms with van der Waals surface area (Å²) in [5.74, 6) is -0.717. The molecule has 0 unspecified atom stereocenters. The summed E-state index contributed by atoms with van der Waals surface area (Å²) in [6.45, 7) is 4.35. The summed E-state index contributed by atoms with van der Waals surface area (Å²) >= 11 is 0. The van der Waals surface area contributed by atoms with Crippen LogP contribution in [0.2, 0.25) is 0 Å². The zero-order valence-electron chi connectivity index (χ0n) is 27.9. The fourth-order valence-electron chi connectivity index (χ4n) is 6.50. The molecule has 9 nitrogen and oxygen atoms in total. The van der Waals surface area contributed by atoms with Crippen molar-refractivity contribution >= 4 is 9.84 Å². The summed E-state index contributed by atoms with van der Waals surface area (Å²) in [5, 5.41) is 28.9. The van der Waals surface area contributed by atoms with Crippen molar-refractivity contribution in [1.29, 1.82) is 5.26 Å². The van der Waals surface area contributed by atoms with Gasteiger partial charge in [-0.05, 0) is 78.8 Å². The van der Waals surface area contributed by atoms with Gasteiger partial charge in [-0.25, -0.2) is 17.8 Å². The Morgan fingerprint density at radius 1 is 1.06 bits per heavy atom. The first-order chi connectivity index (χ1) is 23.5. The Morgan fingerprint density at radius 2 is 1.76 bits per heavy atom. The smallest absolute Gasteiger partial charge is 0.440 e. The molecule has 0 amide bonds. The van der Waals surface area contributed by atoms with E-state index in [0.29, 0.717) is 34.2 Å². The number of rotatable bonds is 10. The minimum Gasteiger partial charge on any atom is -0.440 e. The van der Waals surface area contributed by atoms with Crippen molar-refractivity contribution in [2.75, 3.05) is 6.26 Å². The Labute approximate surface area is 287 Å². The maximum Gasteiger partial charge on any atom is 0.532 e. The standard InChI is InChI=1S/C37H34F3N3O6S/c1-6-30-28(36(19-41)11-12-36)17-31(43(30)4)25-10-9-22(24-14-29(38)27(18-44)33(16-24)50(5,46)47)13-26(25)35-34(42-21(3)48-35)23-8-7-20(2)32(15-23)49-37(39,40)45/h7-10,13-17,44-45H,6,11-12,18H2,1-5H3. The topological polar surface area (TPSA) is 139 Å². The second-order valence-electron chi connectivity index (χ2n) is 12.6. The van der Waals surface area contributed by atoms with E-state index in [1.807, 2.05) is 24.6 Å². The van der Waals surface area contributed by atoms with E-state index in [2.05, 4.69) is 15.8 Å². The number of aromatic nitrogens is 2. The highest BCUT2D eigenvalue weighted by Gasteiger charge is 2.47. The molecular formula is C37H34F3N3O6S. The van der Waals surface area contributed by atoms with Gasteiger partial charge in [0.05, 0.1) is 23.0 Å². The van der Waals surface area contributed by atoms with Gasteiger partial charge < -0.3 is 23.9 Å². The average molecular weight is 706 g/mol. The summed E-state index contributed by atoms with van der Waals surface area (Å²) < 4.78 is 80.3.